The SMILES string of the molecule is C=CCn1c(=O)c2ccccc2n2c(SCC(=O)Nc3ccnn3C3CCCC3)nnc12. The molecule has 0 atom stereocenters. The van der Waals surface area contributed by atoms with Crippen LogP contribution >= 0.6 is 11.8 Å². The maximum atomic E-state index is 12.9. The molecule has 0 aliphatic heterocycles. The van der Waals surface area contributed by atoms with Crippen LogP contribution < -0.4 is 10.9 Å². The monoisotopic (exact) mass is 449 g/mol. The summed E-state index contributed by atoms with van der Waals surface area (Å²) in [6, 6.07) is 9.50. The minimum absolute atomic E-state index is 0.143. The number of fused-ring (bicyclic) bond motifs is 3. The number of nitrogens with one attached hydrogen (secondary N) is 1. The van der Waals surface area contributed by atoms with E-state index in [1.807, 2.05) is 33.3 Å². The Morgan fingerprint density at radius 3 is 2.84 bits per heavy atom. The van der Waals surface area contributed by atoms with Crippen molar-refractivity contribution < 1.29 is 4.79 Å². The largest absolute Gasteiger partial charge is 0.310 e. The van der Waals surface area contributed by atoms with E-state index in [2.05, 4.69) is 27.2 Å². The highest BCUT2D eigenvalue weighted by Crippen LogP contribution is 2.31. The lowest BCUT2D eigenvalue weighted by Gasteiger charge is -2.14. The van der Waals surface area contributed by atoms with E-state index < -0.39 is 0 Å². The Hall–Kier alpha value is -3.40. The summed E-state index contributed by atoms with van der Waals surface area (Å²) in [4.78, 5) is 25.6. The van der Waals surface area contributed by atoms with Crippen LogP contribution in [0, 0.1) is 0 Å². The van der Waals surface area contributed by atoms with Gasteiger partial charge in [0.2, 0.25) is 11.7 Å². The number of nitrogens with zero attached hydrogens (tertiary/aromatic N) is 6. The second-order valence-corrected chi connectivity index (χ2v) is 8.72. The summed E-state index contributed by atoms with van der Waals surface area (Å²) < 4.78 is 5.27. The number of allylic oxidation sites excluding steroid dienone is 1. The quantitative estimate of drug-likeness (QED) is 0.343. The Balaban J connectivity index is 1.41. The van der Waals surface area contributed by atoms with Gasteiger partial charge in [-0.25, -0.2) is 4.68 Å². The molecule has 1 aliphatic rings. The van der Waals surface area contributed by atoms with Crippen molar-refractivity contribution in [3.05, 3.63) is 59.5 Å². The first-order chi connectivity index (χ1) is 15.7. The van der Waals surface area contributed by atoms with Crippen LogP contribution in [0.15, 0.2) is 59.1 Å². The van der Waals surface area contributed by atoms with Crippen molar-refractivity contribution in [1.29, 1.82) is 0 Å². The predicted octanol–water partition coefficient (Wildman–Crippen LogP) is 3.27. The molecule has 0 bridgehead atoms. The lowest BCUT2D eigenvalue weighted by Crippen LogP contribution is -2.23. The van der Waals surface area contributed by atoms with Crippen molar-refractivity contribution in [2.75, 3.05) is 11.1 Å². The van der Waals surface area contributed by atoms with Gasteiger partial charge in [0.05, 0.1) is 28.9 Å². The summed E-state index contributed by atoms with van der Waals surface area (Å²) in [6.45, 7) is 4.06. The van der Waals surface area contributed by atoms with Crippen LogP contribution in [-0.4, -0.2) is 40.6 Å². The molecule has 4 aromatic rings. The van der Waals surface area contributed by atoms with Crippen molar-refractivity contribution >= 4 is 40.2 Å². The number of amides is 1. The van der Waals surface area contributed by atoms with Gasteiger partial charge in [0.25, 0.3) is 5.56 Å². The van der Waals surface area contributed by atoms with Gasteiger partial charge in [0.1, 0.15) is 5.82 Å². The normalized spacial score (nSPS) is 14.4. The van der Waals surface area contributed by atoms with Crippen molar-refractivity contribution in [2.45, 2.75) is 43.4 Å². The summed E-state index contributed by atoms with van der Waals surface area (Å²) in [7, 11) is 0. The predicted molar refractivity (Wildman–Crippen MR) is 124 cm³/mol. The molecule has 5 rings (SSSR count). The van der Waals surface area contributed by atoms with Gasteiger partial charge in [-0.3, -0.25) is 18.6 Å². The summed E-state index contributed by atoms with van der Waals surface area (Å²) in [5, 5.41) is 17.0. The second kappa shape index (κ2) is 8.62. The molecule has 1 N–H and O–H groups in total. The second-order valence-electron chi connectivity index (χ2n) is 7.78. The zero-order chi connectivity index (χ0) is 22.1. The molecule has 1 amide bonds. The lowest BCUT2D eigenvalue weighted by molar-refractivity contribution is -0.113. The smallest absolute Gasteiger partial charge is 0.263 e. The van der Waals surface area contributed by atoms with Gasteiger partial charge in [-0.1, -0.05) is 42.8 Å². The van der Waals surface area contributed by atoms with E-state index in [1.54, 1.807) is 18.3 Å². The first-order valence-corrected chi connectivity index (χ1v) is 11.6. The van der Waals surface area contributed by atoms with Gasteiger partial charge < -0.3 is 5.32 Å². The Labute approximate surface area is 188 Å². The average Bonchev–Trinajstić information content (AvgIpc) is 3.56. The number of thioether (sulfide) groups is 1. The van der Waals surface area contributed by atoms with Crippen molar-refractivity contribution in [3.63, 3.8) is 0 Å². The average molecular weight is 450 g/mol. The molecule has 0 radical (unpaired) electrons. The maximum Gasteiger partial charge on any atom is 0.263 e. The van der Waals surface area contributed by atoms with Gasteiger partial charge in [0.15, 0.2) is 5.16 Å². The molecule has 10 heteroatoms. The fourth-order valence-corrected chi connectivity index (χ4v) is 5.02. The summed E-state index contributed by atoms with van der Waals surface area (Å²) in [5.74, 6) is 1.16. The molecule has 1 saturated carbocycles. The first-order valence-electron chi connectivity index (χ1n) is 10.6. The highest BCUT2D eigenvalue weighted by Gasteiger charge is 2.21. The minimum atomic E-state index is -0.144. The van der Waals surface area contributed by atoms with Gasteiger partial charge >= 0.3 is 0 Å². The standard InChI is InChI=1S/C22H23N7O2S/c1-2-13-27-20(31)16-9-5-6-10-17(16)28-21(27)25-26-22(28)32-14-19(30)24-18-11-12-23-29(18)15-7-3-4-8-15/h2,5-6,9-12,15H,1,3-4,7-8,13-14H2,(H,24,30). The maximum absolute atomic E-state index is 12.9. The fraction of sp³-hybridized carbons (Fsp3) is 0.318. The van der Waals surface area contributed by atoms with Crippen LogP contribution in [0.1, 0.15) is 31.7 Å². The lowest BCUT2D eigenvalue weighted by atomic mass is 10.2. The van der Waals surface area contributed by atoms with E-state index >= 15 is 0 Å². The van der Waals surface area contributed by atoms with Gasteiger partial charge in [-0.2, -0.15) is 5.10 Å². The molecule has 3 aromatic heterocycles. The minimum Gasteiger partial charge on any atom is -0.310 e. The third-order valence-electron chi connectivity index (χ3n) is 5.73. The number of aromatic nitrogens is 6. The van der Waals surface area contributed by atoms with Crippen LogP contribution in [0.25, 0.3) is 16.7 Å². The Morgan fingerprint density at radius 1 is 1.22 bits per heavy atom. The molecule has 9 nitrogen and oxygen atoms in total. The number of anilines is 1. The molecule has 0 spiro atoms. The molecule has 3 heterocycles. The number of carbonyl (C=O) groups is 1. The highest BCUT2D eigenvalue weighted by molar-refractivity contribution is 7.99. The molecule has 32 heavy (non-hydrogen) atoms. The molecule has 1 aliphatic carbocycles. The molecule has 0 saturated heterocycles. The summed E-state index contributed by atoms with van der Waals surface area (Å²) >= 11 is 1.28. The third kappa shape index (κ3) is 3.60. The van der Waals surface area contributed by atoms with Crippen LogP contribution in [0.5, 0.6) is 0 Å². The molecule has 1 aromatic carbocycles. The van der Waals surface area contributed by atoms with E-state index in [0.29, 0.717) is 34.4 Å². The van der Waals surface area contributed by atoms with Gasteiger partial charge in [-0.15, -0.1) is 16.8 Å². The van der Waals surface area contributed by atoms with E-state index in [0.717, 1.165) is 18.7 Å². The first kappa shape index (κ1) is 20.5. The van der Waals surface area contributed by atoms with E-state index in [4.69, 9.17) is 0 Å². The highest BCUT2D eigenvalue weighted by atomic mass is 32.2. The molecule has 0 unspecified atom stereocenters. The molecule has 1 fully saturated rings. The Bertz CT molecular complexity index is 1360. The molecular formula is C22H23N7O2S. The van der Waals surface area contributed by atoms with E-state index in [9.17, 15) is 9.59 Å². The zero-order valence-electron chi connectivity index (χ0n) is 17.5. The third-order valence-corrected chi connectivity index (χ3v) is 6.66. The molecule has 164 valence electrons. The van der Waals surface area contributed by atoms with Crippen LogP contribution in [0.4, 0.5) is 5.82 Å². The summed E-state index contributed by atoms with van der Waals surface area (Å²) in [6.07, 6.45) is 7.93. The van der Waals surface area contributed by atoms with Crippen LogP contribution in [0.3, 0.4) is 0 Å². The fourth-order valence-electron chi connectivity index (χ4n) is 4.28. The van der Waals surface area contributed by atoms with Crippen molar-refractivity contribution in [1.82, 2.24) is 28.9 Å². The number of carbonyl (C=O) groups excluding carboxylic acids is 1. The number of para-hydroxylation sites is 1. The Kier molecular flexibility index (Phi) is 5.52. The van der Waals surface area contributed by atoms with E-state index in [1.165, 1.54) is 29.2 Å². The van der Waals surface area contributed by atoms with E-state index in [-0.39, 0.29) is 17.2 Å². The number of hydrogen-bond donors (Lipinski definition) is 1. The Morgan fingerprint density at radius 2 is 2.03 bits per heavy atom. The van der Waals surface area contributed by atoms with Crippen molar-refractivity contribution in [2.24, 2.45) is 0 Å². The topological polar surface area (TPSA) is 99.1 Å². The molecular weight excluding hydrogens is 426 g/mol. The zero-order valence-corrected chi connectivity index (χ0v) is 18.3. The van der Waals surface area contributed by atoms with Crippen LogP contribution in [0.2, 0.25) is 0 Å². The number of rotatable bonds is 7. The van der Waals surface area contributed by atoms with Crippen LogP contribution in [-0.2, 0) is 11.3 Å². The van der Waals surface area contributed by atoms with Crippen molar-refractivity contribution in [3.8, 4) is 0 Å². The van der Waals surface area contributed by atoms with Gasteiger partial charge in [-0.05, 0) is 25.0 Å². The van der Waals surface area contributed by atoms with Gasteiger partial charge in [0, 0.05) is 12.6 Å². The summed E-state index contributed by atoms with van der Waals surface area (Å²) in [5.41, 5.74) is 0.565. The number of hydrogen-bond acceptors (Lipinski definition) is 6. The number of benzene rings is 1.